The Bertz CT molecular complexity index is 606. The van der Waals surface area contributed by atoms with Crippen molar-refractivity contribution < 1.29 is 8.78 Å². The summed E-state index contributed by atoms with van der Waals surface area (Å²) in [7, 11) is 0. The van der Waals surface area contributed by atoms with Crippen LogP contribution in [0.4, 0.5) is 14.6 Å². The standard InChI is InChI=1S/C13H12F2N4/c1-8-10(13(16)19-7-18-8)6-17-5-9-2-3-11(14)12(15)4-9/h2-4,6-7H,5H2,1H3,(H2,16,18,19). The average Bonchev–Trinajstić information content (AvgIpc) is 2.37. The predicted octanol–water partition coefficient (Wildman–Crippen LogP) is 2.26. The highest BCUT2D eigenvalue weighted by molar-refractivity contribution is 5.86. The van der Waals surface area contributed by atoms with E-state index in [-0.39, 0.29) is 6.54 Å². The summed E-state index contributed by atoms with van der Waals surface area (Å²) in [6, 6.07) is 3.67. The molecule has 0 atom stereocenters. The van der Waals surface area contributed by atoms with Gasteiger partial charge in [-0.05, 0) is 24.6 Å². The Balaban J connectivity index is 2.13. The fraction of sp³-hybridized carbons (Fsp3) is 0.154. The number of nitrogens with two attached hydrogens (primary N) is 1. The molecule has 0 spiro atoms. The maximum Gasteiger partial charge on any atom is 0.159 e. The highest BCUT2D eigenvalue weighted by atomic mass is 19.2. The molecule has 1 aromatic heterocycles. The molecular formula is C13H12F2N4. The SMILES string of the molecule is Cc1ncnc(N)c1C=NCc1ccc(F)c(F)c1. The number of halogens is 2. The quantitative estimate of drug-likeness (QED) is 0.863. The second kappa shape index (κ2) is 5.51. The molecule has 0 amide bonds. The second-order valence-corrected chi connectivity index (χ2v) is 3.98. The van der Waals surface area contributed by atoms with Crippen molar-refractivity contribution in [3.05, 3.63) is 53.0 Å². The summed E-state index contributed by atoms with van der Waals surface area (Å²) in [5.74, 6) is -1.42. The van der Waals surface area contributed by atoms with Crippen molar-refractivity contribution in [2.75, 3.05) is 5.73 Å². The smallest absolute Gasteiger partial charge is 0.159 e. The van der Waals surface area contributed by atoms with Crippen LogP contribution in [0, 0.1) is 18.6 Å². The minimum Gasteiger partial charge on any atom is -0.383 e. The zero-order chi connectivity index (χ0) is 13.8. The lowest BCUT2D eigenvalue weighted by atomic mass is 10.2. The molecule has 6 heteroatoms. The molecule has 0 saturated carbocycles. The summed E-state index contributed by atoms with van der Waals surface area (Å²) in [6.07, 6.45) is 2.91. The Morgan fingerprint density at radius 1 is 1.26 bits per heavy atom. The van der Waals surface area contributed by atoms with Gasteiger partial charge in [0.15, 0.2) is 11.6 Å². The molecule has 0 bridgehead atoms. The number of nitrogen functional groups attached to an aromatic ring is 1. The molecule has 2 rings (SSSR count). The van der Waals surface area contributed by atoms with E-state index in [4.69, 9.17) is 5.73 Å². The van der Waals surface area contributed by atoms with Crippen molar-refractivity contribution in [2.45, 2.75) is 13.5 Å². The number of aromatic nitrogens is 2. The molecule has 98 valence electrons. The zero-order valence-electron chi connectivity index (χ0n) is 10.3. The molecular weight excluding hydrogens is 250 g/mol. The molecule has 0 saturated heterocycles. The van der Waals surface area contributed by atoms with Gasteiger partial charge in [0.25, 0.3) is 0 Å². The van der Waals surface area contributed by atoms with Crippen molar-refractivity contribution in [1.82, 2.24) is 9.97 Å². The van der Waals surface area contributed by atoms with E-state index in [1.54, 1.807) is 6.92 Å². The molecule has 0 aliphatic rings. The van der Waals surface area contributed by atoms with Crippen LogP contribution in [0.2, 0.25) is 0 Å². The molecule has 0 fully saturated rings. The Kier molecular flexibility index (Phi) is 3.79. The minimum atomic E-state index is -0.883. The van der Waals surface area contributed by atoms with Crippen LogP contribution in [0.3, 0.4) is 0 Å². The lowest BCUT2D eigenvalue weighted by Crippen LogP contribution is -2.01. The summed E-state index contributed by atoms with van der Waals surface area (Å²) in [5.41, 5.74) is 7.60. The van der Waals surface area contributed by atoms with E-state index >= 15 is 0 Å². The van der Waals surface area contributed by atoms with Crippen molar-refractivity contribution in [3.8, 4) is 0 Å². The van der Waals surface area contributed by atoms with Gasteiger partial charge in [-0.1, -0.05) is 6.07 Å². The number of benzene rings is 1. The molecule has 2 aromatic rings. The van der Waals surface area contributed by atoms with Crippen LogP contribution in [0.1, 0.15) is 16.8 Å². The van der Waals surface area contributed by atoms with Crippen LogP contribution in [0.25, 0.3) is 0 Å². The van der Waals surface area contributed by atoms with Crippen LogP contribution < -0.4 is 5.73 Å². The largest absolute Gasteiger partial charge is 0.383 e. The lowest BCUT2D eigenvalue weighted by molar-refractivity contribution is 0.507. The first kappa shape index (κ1) is 13.1. The van der Waals surface area contributed by atoms with Gasteiger partial charge >= 0.3 is 0 Å². The zero-order valence-corrected chi connectivity index (χ0v) is 10.3. The van der Waals surface area contributed by atoms with E-state index in [1.807, 2.05) is 0 Å². The van der Waals surface area contributed by atoms with Gasteiger partial charge in [0.2, 0.25) is 0 Å². The molecule has 4 nitrogen and oxygen atoms in total. The Morgan fingerprint density at radius 2 is 2.05 bits per heavy atom. The topological polar surface area (TPSA) is 64.2 Å². The number of aryl methyl sites for hydroxylation is 1. The number of nitrogens with zero attached hydrogens (tertiary/aromatic N) is 3. The van der Waals surface area contributed by atoms with E-state index in [1.165, 1.54) is 18.6 Å². The summed E-state index contributed by atoms with van der Waals surface area (Å²) in [6.45, 7) is 2.02. The number of anilines is 1. The maximum atomic E-state index is 13.0. The van der Waals surface area contributed by atoms with Crippen molar-refractivity contribution in [2.24, 2.45) is 4.99 Å². The fourth-order valence-corrected chi connectivity index (χ4v) is 1.54. The third kappa shape index (κ3) is 3.09. The highest BCUT2D eigenvalue weighted by Crippen LogP contribution is 2.11. The molecule has 0 aliphatic carbocycles. The fourth-order valence-electron chi connectivity index (χ4n) is 1.54. The minimum absolute atomic E-state index is 0.227. The van der Waals surface area contributed by atoms with Gasteiger partial charge in [0, 0.05) is 6.21 Å². The Hall–Kier alpha value is -2.37. The maximum absolute atomic E-state index is 13.0. The summed E-state index contributed by atoms with van der Waals surface area (Å²) in [4.78, 5) is 12.0. The van der Waals surface area contributed by atoms with Crippen molar-refractivity contribution >= 4 is 12.0 Å². The molecule has 19 heavy (non-hydrogen) atoms. The molecule has 1 heterocycles. The van der Waals surface area contributed by atoms with Crippen molar-refractivity contribution in [3.63, 3.8) is 0 Å². The average molecular weight is 262 g/mol. The van der Waals surface area contributed by atoms with E-state index in [0.29, 0.717) is 22.6 Å². The summed E-state index contributed by atoms with van der Waals surface area (Å²) < 4.78 is 25.7. The van der Waals surface area contributed by atoms with E-state index in [9.17, 15) is 8.78 Å². The lowest BCUT2D eigenvalue weighted by Gasteiger charge is -2.02. The van der Waals surface area contributed by atoms with Gasteiger partial charge in [-0.25, -0.2) is 18.7 Å². The first-order valence-electron chi connectivity index (χ1n) is 5.58. The van der Waals surface area contributed by atoms with Crippen LogP contribution in [0.15, 0.2) is 29.5 Å². The van der Waals surface area contributed by atoms with Crippen LogP contribution in [-0.4, -0.2) is 16.2 Å². The second-order valence-electron chi connectivity index (χ2n) is 3.98. The van der Waals surface area contributed by atoms with Crippen LogP contribution in [-0.2, 0) is 6.54 Å². The number of rotatable bonds is 3. The molecule has 1 aromatic carbocycles. The number of hydrogen-bond acceptors (Lipinski definition) is 4. The molecule has 2 N–H and O–H groups in total. The van der Waals surface area contributed by atoms with E-state index < -0.39 is 11.6 Å². The highest BCUT2D eigenvalue weighted by Gasteiger charge is 2.03. The van der Waals surface area contributed by atoms with Crippen LogP contribution >= 0.6 is 0 Å². The van der Waals surface area contributed by atoms with Gasteiger partial charge in [0.05, 0.1) is 17.8 Å². The normalized spacial score (nSPS) is 11.1. The first-order chi connectivity index (χ1) is 9.08. The van der Waals surface area contributed by atoms with Crippen molar-refractivity contribution in [1.29, 1.82) is 0 Å². The van der Waals surface area contributed by atoms with E-state index in [2.05, 4.69) is 15.0 Å². The van der Waals surface area contributed by atoms with Crippen LogP contribution in [0.5, 0.6) is 0 Å². The summed E-state index contributed by atoms with van der Waals surface area (Å²) >= 11 is 0. The first-order valence-corrected chi connectivity index (χ1v) is 5.58. The van der Waals surface area contributed by atoms with E-state index in [0.717, 1.165) is 12.1 Å². The molecule has 0 unspecified atom stereocenters. The number of aliphatic imine (C=N–C) groups is 1. The third-order valence-electron chi connectivity index (χ3n) is 2.59. The Labute approximate surface area is 109 Å². The van der Waals surface area contributed by atoms with Gasteiger partial charge in [-0.15, -0.1) is 0 Å². The predicted molar refractivity (Wildman–Crippen MR) is 68.8 cm³/mol. The van der Waals surface area contributed by atoms with Gasteiger partial charge < -0.3 is 5.73 Å². The summed E-state index contributed by atoms with van der Waals surface area (Å²) in [5, 5.41) is 0. The number of hydrogen-bond donors (Lipinski definition) is 1. The molecule has 0 radical (unpaired) electrons. The molecule has 0 aliphatic heterocycles. The monoisotopic (exact) mass is 262 g/mol. The van der Waals surface area contributed by atoms with Gasteiger partial charge in [-0.3, -0.25) is 4.99 Å². The van der Waals surface area contributed by atoms with Gasteiger partial charge in [0.1, 0.15) is 12.1 Å². The Morgan fingerprint density at radius 3 is 2.74 bits per heavy atom. The van der Waals surface area contributed by atoms with Gasteiger partial charge in [-0.2, -0.15) is 0 Å². The third-order valence-corrected chi connectivity index (χ3v) is 2.59.